The van der Waals surface area contributed by atoms with E-state index in [0.29, 0.717) is 0 Å². The first kappa shape index (κ1) is 2.57. The van der Waals surface area contributed by atoms with Crippen molar-refractivity contribution in [3.05, 3.63) is 12.3 Å². The van der Waals surface area contributed by atoms with E-state index < -0.39 is 50.1 Å². The second-order valence-electron chi connectivity index (χ2n) is 2.02. The van der Waals surface area contributed by atoms with E-state index in [1.54, 1.807) is 0 Å². The van der Waals surface area contributed by atoms with Crippen molar-refractivity contribution in [2.75, 3.05) is 36.7 Å². The SMILES string of the molecule is [2H]c1nc(N)c([2H])c(N2C([2H])([2H])C([2H])([2H])OC([2H])([2H])C2([2H])[2H])n1. The molecule has 0 unspecified atom stereocenters. The quantitative estimate of drug-likeness (QED) is 0.669. The first-order chi connectivity index (χ1) is 10.1. The Bertz CT molecular complexity index is 624. The van der Waals surface area contributed by atoms with Crippen molar-refractivity contribution in [3.63, 3.8) is 0 Å². The lowest BCUT2D eigenvalue weighted by Crippen LogP contribution is -2.36. The molecule has 2 N–H and O–H groups in total. The van der Waals surface area contributed by atoms with Gasteiger partial charge in [0.05, 0.1) is 25.5 Å². The molecule has 5 heteroatoms. The van der Waals surface area contributed by atoms with Gasteiger partial charge >= 0.3 is 0 Å². The third kappa shape index (κ3) is 1.86. The van der Waals surface area contributed by atoms with Crippen LogP contribution < -0.4 is 10.6 Å². The Labute approximate surface area is 90.6 Å². The predicted molar refractivity (Wildman–Crippen MR) is 49.5 cm³/mol. The number of aromatic nitrogens is 2. The molecule has 1 aliphatic heterocycles. The van der Waals surface area contributed by atoms with E-state index in [0.717, 1.165) is 0 Å². The Kier molecular flexibility index (Phi) is 0.706. The molecule has 1 aromatic heterocycles. The standard InChI is InChI=1S/C8H12N4O/c9-7-5-8(11-6-10-7)12-1-3-13-4-2-12/h5-6H,1-4H2,(H2,9,10,11)/i1D2,2D2,3D2,4D2,5D,6D. The summed E-state index contributed by atoms with van der Waals surface area (Å²) in [7, 11) is 0. The van der Waals surface area contributed by atoms with Gasteiger partial charge in [-0.2, -0.15) is 0 Å². The highest BCUT2D eigenvalue weighted by Crippen LogP contribution is 2.12. The maximum absolute atomic E-state index is 7.83. The molecule has 0 bridgehead atoms. The average molecular weight is 190 g/mol. The molecule has 0 amide bonds. The van der Waals surface area contributed by atoms with Gasteiger partial charge in [0.2, 0.25) is 0 Å². The number of ether oxygens (including phenoxy) is 1. The zero-order chi connectivity index (χ0) is 18.0. The molecular weight excluding hydrogens is 168 g/mol. The van der Waals surface area contributed by atoms with E-state index >= 15 is 0 Å². The van der Waals surface area contributed by atoms with Crippen LogP contribution in [0, 0.1) is 0 Å². The summed E-state index contributed by atoms with van der Waals surface area (Å²) < 4.78 is 81.0. The van der Waals surface area contributed by atoms with Crippen LogP contribution in [-0.4, -0.2) is 36.1 Å². The number of hydrogen-bond acceptors (Lipinski definition) is 5. The maximum Gasteiger partial charge on any atom is 0.134 e. The van der Waals surface area contributed by atoms with Crippen molar-refractivity contribution in [1.29, 1.82) is 0 Å². The minimum Gasteiger partial charge on any atom is -0.384 e. The summed E-state index contributed by atoms with van der Waals surface area (Å²) in [5.74, 6) is -1.41. The molecule has 0 aromatic carbocycles. The third-order valence-corrected chi connectivity index (χ3v) is 1.19. The van der Waals surface area contributed by atoms with Gasteiger partial charge in [0.1, 0.15) is 19.3 Å². The Morgan fingerprint density at radius 1 is 1.54 bits per heavy atom. The molecule has 0 radical (unpaired) electrons. The van der Waals surface area contributed by atoms with Gasteiger partial charge in [-0.25, -0.2) is 9.97 Å². The summed E-state index contributed by atoms with van der Waals surface area (Å²) in [6.07, 6.45) is -0.757. The Morgan fingerprint density at radius 2 is 2.31 bits per heavy atom. The Hall–Kier alpha value is -1.36. The summed E-state index contributed by atoms with van der Waals surface area (Å²) >= 11 is 0. The molecule has 1 saturated heterocycles. The molecular formula is C8H12N4O. The molecule has 0 atom stereocenters. The van der Waals surface area contributed by atoms with E-state index in [1.807, 2.05) is 0 Å². The van der Waals surface area contributed by atoms with Gasteiger partial charge in [0.15, 0.2) is 0 Å². The highest BCUT2D eigenvalue weighted by Gasteiger charge is 2.11. The van der Waals surface area contributed by atoms with Crippen LogP contribution in [0.1, 0.15) is 13.7 Å². The van der Waals surface area contributed by atoms with E-state index in [1.165, 1.54) is 0 Å². The summed E-state index contributed by atoms with van der Waals surface area (Å²) in [4.78, 5) is 6.77. The van der Waals surface area contributed by atoms with Crippen LogP contribution in [0.5, 0.6) is 0 Å². The summed E-state index contributed by atoms with van der Waals surface area (Å²) in [6, 6.07) is -0.762. The zero-order valence-corrected chi connectivity index (χ0v) is 6.33. The molecule has 1 aromatic rings. The van der Waals surface area contributed by atoms with Crippen molar-refractivity contribution >= 4 is 11.6 Å². The number of anilines is 2. The van der Waals surface area contributed by atoms with Crippen LogP contribution in [0.2, 0.25) is 0 Å². The lowest BCUT2D eigenvalue weighted by atomic mass is 10.4. The molecule has 5 nitrogen and oxygen atoms in total. The zero-order valence-electron chi connectivity index (χ0n) is 16.3. The molecule has 0 spiro atoms. The average Bonchev–Trinajstić information content (AvgIpc) is 2.31. The van der Waals surface area contributed by atoms with Crippen LogP contribution >= 0.6 is 0 Å². The predicted octanol–water partition coefficient (Wildman–Crippen LogP) is -0.105. The number of hydrogen-bond donors (Lipinski definition) is 1. The van der Waals surface area contributed by atoms with Crippen molar-refractivity contribution in [2.45, 2.75) is 0 Å². The molecule has 0 aliphatic carbocycles. The van der Waals surface area contributed by atoms with Crippen LogP contribution in [0.3, 0.4) is 0 Å². The number of nitrogen functional groups attached to an aromatic ring is 1. The van der Waals surface area contributed by atoms with Gasteiger partial charge in [-0.15, -0.1) is 0 Å². The summed E-state index contributed by atoms with van der Waals surface area (Å²) in [5.41, 5.74) is 5.39. The highest BCUT2D eigenvalue weighted by atomic mass is 16.5. The smallest absolute Gasteiger partial charge is 0.134 e. The van der Waals surface area contributed by atoms with E-state index in [-0.39, 0.29) is 4.90 Å². The highest BCUT2D eigenvalue weighted by molar-refractivity contribution is 5.45. The van der Waals surface area contributed by atoms with Crippen LogP contribution in [0.4, 0.5) is 11.6 Å². The summed E-state index contributed by atoms with van der Waals surface area (Å²) in [5, 5.41) is 0. The Morgan fingerprint density at radius 3 is 3.08 bits per heavy atom. The lowest BCUT2D eigenvalue weighted by Gasteiger charge is -2.27. The third-order valence-electron chi connectivity index (χ3n) is 1.19. The molecule has 1 fully saturated rings. The fourth-order valence-corrected chi connectivity index (χ4v) is 0.699. The van der Waals surface area contributed by atoms with Crippen molar-refractivity contribution in [2.24, 2.45) is 0 Å². The fourth-order valence-electron chi connectivity index (χ4n) is 0.699. The van der Waals surface area contributed by atoms with Gasteiger partial charge < -0.3 is 15.4 Å². The van der Waals surface area contributed by atoms with Crippen molar-refractivity contribution in [1.82, 2.24) is 9.97 Å². The molecule has 70 valence electrons. The Balaban J connectivity index is 2.80. The first-order valence-electron chi connectivity index (χ1n) is 8.26. The molecule has 2 heterocycles. The molecule has 0 saturated carbocycles. The fraction of sp³-hybridized carbons (Fsp3) is 0.500. The number of nitrogens with zero attached hydrogens (tertiary/aromatic N) is 3. The van der Waals surface area contributed by atoms with E-state index in [9.17, 15) is 0 Å². The number of nitrogens with two attached hydrogens (primary N) is 1. The topological polar surface area (TPSA) is 64.3 Å². The monoisotopic (exact) mass is 190 g/mol. The van der Waals surface area contributed by atoms with E-state index in [4.69, 9.17) is 19.4 Å². The normalized spacial score (nSPS) is 44.2. The van der Waals surface area contributed by atoms with Crippen LogP contribution in [0.25, 0.3) is 0 Å². The number of rotatable bonds is 1. The van der Waals surface area contributed by atoms with E-state index in [2.05, 4.69) is 14.7 Å². The van der Waals surface area contributed by atoms with Crippen LogP contribution in [-0.2, 0) is 4.74 Å². The largest absolute Gasteiger partial charge is 0.384 e. The first-order valence-corrected chi connectivity index (χ1v) is 3.26. The summed E-state index contributed by atoms with van der Waals surface area (Å²) in [6.45, 7) is -13.1. The molecule has 1 aliphatic rings. The van der Waals surface area contributed by atoms with Crippen molar-refractivity contribution in [3.8, 4) is 0 Å². The lowest BCUT2D eigenvalue weighted by molar-refractivity contribution is 0.122. The van der Waals surface area contributed by atoms with Gasteiger partial charge in [-0.1, -0.05) is 0 Å². The van der Waals surface area contributed by atoms with Gasteiger partial charge in [0, 0.05) is 19.0 Å². The molecule has 2 rings (SSSR count). The van der Waals surface area contributed by atoms with Crippen molar-refractivity contribution < 1.29 is 18.4 Å². The minimum absolute atomic E-state index is 0.0120. The number of morpholine rings is 1. The van der Waals surface area contributed by atoms with Crippen LogP contribution in [0.15, 0.2) is 12.3 Å². The minimum atomic E-state index is -3.28. The maximum atomic E-state index is 7.83. The molecule has 13 heavy (non-hydrogen) atoms. The van der Waals surface area contributed by atoms with Gasteiger partial charge in [-0.05, 0) is 0 Å². The second-order valence-corrected chi connectivity index (χ2v) is 2.02. The van der Waals surface area contributed by atoms with Gasteiger partial charge in [-0.3, -0.25) is 0 Å². The second kappa shape index (κ2) is 3.57. The van der Waals surface area contributed by atoms with Gasteiger partial charge in [0.25, 0.3) is 0 Å².